The number of amides is 2. The fourth-order valence-corrected chi connectivity index (χ4v) is 2.88. The smallest absolute Gasteiger partial charge is 0.237 e. The van der Waals surface area contributed by atoms with Gasteiger partial charge in [-0.3, -0.25) is 9.59 Å². The zero-order valence-electron chi connectivity index (χ0n) is 12.7. The van der Waals surface area contributed by atoms with Crippen LogP contribution in [-0.4, -0.2) is 67.6 Å². The van der Waals surface area contributed by atoms with Crippen molar-refractivity contribution >= 4 is 11.8 Å². The van der Waals surface area contributed by atoms with Crippen LogP contribution in [0, 0.1) is 5.92 Å². The molecule has 1 saturated heterocycles. The van der Waals surface area contributed by atoms with E-state index in [1.54, 1.807) is 4.90 Å². The fraction of sp³-hybridized carbons (Fsp3) is 0.733. The number of carbonyl (C=O) groups excluding carboxylic acids is 2. The van der Waals surface area contributed by atoms with Crippen molar-refractivity contribution in [3.05, 3.63) is 12.2 Å². The number of carbonyl (C=O) groups is 2. The Morgan fingerprint density at radius 3 is 2.90 bits per heavy atom. The Balaban J connectivity index is 1.90. The number of primary amides is 1. The van der Waals surface area contributed by atoms with E-state index in [4.69, 9.17) is 10.5 Å². The van der Waals surface area contributed by atoms with Crippen LogP contribution in [0.4, 0.5) is 0 Å². The van der Waals surface area contributed by atoms with E-state index in [-0.39, 0.29) is 18.6 Å². The van der Waals surface area contributed by atoms with Crippen molar-refractivity contribution in [3.8, 4) is 0 Å². The third kappa shape index (κ3) is 5.13. The monoisotopic (exact) mass is 295 g/mol. The number of morpholine rings is 1. The predicted octanol–water partition coefficient (Wildman–Crippen LogP) is -0.0128. The van der Waals surface area contributed by atoms with Crippen LogP contribution in [0.25, 0.3) is 0 Å². The number of hydrogen-bond donors (Lipinski definition) is 1. The summed E-state index contributed by atoms with van der Waals surface area (Å²) in [7, 11) is 2.03. The van der Waals surface area contributed by atoms with Crippen LogP contribution >= 0.6 is 0 Å². The molecule has 118 valence electrons. The molecule has 0 bridgehead atoms. The van der Waals surface area contributed by atoms with E-state index < -0.39 is 5.91 Å². The second kappa shape index (κ2) is 7.56. The van der Waals surface area contributed by atoms with E-state index in [2.05, 4.69) is 17.1 Å². The summed E-state index contributed by atoms with van der Waals surface area (Å²) in [6.45, 7) is 2.73. The Morgan fingerprint density at radius 2 is 2.29 bits per heavy atom. The minimum atomic E-state index is -0.477. The van der Waals surface area contributed by atoms with Crippen molar-refractivity contribution in [1.82, 2.24) is 9.80 Å². The topological polar surface area (TPSA) is 75.9 Å². The van der Waals surface area contributed by atoms with Gasteiger partial charge in [-0.1, -0.05) is 12.2 Å². The first-order valence-corrected chi connectivity index (χ1v) is 7.57. The lowest BCUT2D eigenvalue weighted by molar-refractivity contribution is -0.138. The van der Waals surface area contributed by atoms with Gasteiger partial charge in [0, 0.05) is 26.1 Å². The second-order valence-corrected chi connectivity index (χ2v) is 5.97. The number of rotatable bonds is 6. The Morgan fingerprint density at radius 1 is 1.48 bits per heavy atom. The van der Waals surface area contributed by atoms with Gasteiger partial charge in [0.15, 0.2) is 0 Å². The quantitative estimate of drug-likeness (QED) is 0.699. The highest BCUT2D eigenvalue weighted by Gasteiger charge is 2.26. The minimum Gasteiger partial charge on any atom is -0.374 e. The van der Waals surface area contributed by atoms with Crippen molar-refractivity contribution < 1.29 is 14.3 Å². The van der Waals surface area contributed by atoms with Gasteiger partial charge in [-0.2, -0.15) is 0 Å². The first-order chi connectivity index (χ1) is 10.0. The lowest BCUT2D eigenvalue weighted by Crippen LogP contribution is -2.49. The van der Waals surface area contributed by atoms with E-state index >= 15 is 0 Å². The molecule has 0 spiro atoms. The number of nitrogens with two attached hydrogens (primary N) is 1. The van der Waals surface area contributed by atoms with Gasteiger partial charge >= 0.3 is 0 Å². The van der Waals surface area contributed by atoms with Crippen molar-refractivity contribution in [1.29, 1.82) is 0 Å². The van der Waals surface area contributed by atoms with Crippen LogP contribution in [-0.2, 0) is 14.3 Å². The molecule has 2 amide bonds. The van der Waals surface area contributed by atoms with Gasteiger partial charge in [0.2, 0.25) is 11.8 Å². The largest absolute Gasteiger partial charge is 0.374 e. The van der Waals surface area contributed by atoms with Crippen LogP contribution in [0.1, 0.15) is 19.3 Å². The summed E-state index contributed by atoms with van der Waals surface area (Å²) in [4.78, 5) is 27.3. The molecule has 2 aliphatic rings. The Bertz CT molecular complexity index is 411. The van der Waals surface area contributed by atoms with Crippen LogP contribution in [0.3, 0.4) is 0 Å². The van der Waals surface area contributed by atoms with E-state index in [1.165, 1.54) is 0 Å². The first kappa shape index (κ1) is 16.0. The molecule has 0 aromatic rings. The molecule has 2 rings (SSSR count). The lowest BCUT2D eigenvalue weighted by atomic mass is 10.0. The van der Waals surface area contributed by atoms with E-state index in [0.717, 1.165) is 25.9 Å². The maximum atomic E-state index is 12.4. The summed E-state index contributed by atoms with van der Waals surface area (Å²) >= 11 is 0. The summed E-state index contributed by atoms with van der Waals surface area (Å²) in [5, 5.41) is 0. The Kier molecular flexibility index (Phi) is 5.76. The summed E-state index contributed by atoms with van der Waals surface area (Å²) in [6, 6.07) is 0. The normalized spacial score (nSPS) is 26.0. The van der Waals surface area contributed by atoms with Crippen LogP contribution < -0.4 is 5.73 Å². The Labute approximate surface area is 125 Å². The summed E-state index contributed by atoms with van der Waals surface area (Å²) in [5.74, 6) is -0.195. The summed E-state index contributed by atoms with van der Waals surface area (Å²) in [6.07, 6.45) is 6.64. The number of nitrogens with zero attached hydrogens (tertiary/aromatic N) is 2. The van der Waals surface area contributed by atoms with Gasteiger partial charge in [-0.15, -0.1) is 0 Å². The maximum absolute atomic E-state index is 12.4. The molecule has 2 atom stereocenters. The number of hydrogen-bond acceptors (Lipinski definition) is 4. The van der Waals surface area contributed by atoms with Gasteiger partial charge in [0.1, 0.15) is 0 Å². The van der Waals surface area contributed by atoms with Crippen molar-refractivity contribution in [2.75, 3.05) is 39.8 Å². The van der Waals surface area contributed by atoms with E-state index in [9.17, 15) is 9.59 Å². The Hall–Kier alpha value is -1.40. The molecule has 1 aliphatic carbocycles. The first-order valence-electron chi connectivity index (χ1n) is 7.57. The maximum Gasteiger partial charge on any atom is 0.237 e. The van der Waals surface area contributed by atoms with Gasteiger partial charge in [-0.05, 0) is 25.8 Å². The van der Waals surface area contributed by atoms with Crippen molar-refractivity contribution in [2.24, 2.45) is 11.7 Å². The highest BCUT2D eigenvalue weighted by atomic mass is 16.5. The molecule has 1 aliphatic heterocycles. The van der Waals surface area contributed by atoms with Crippen molar-refractivity contribution in [2.45, 2.75) is 25.4 Å². The van der Waals surface area contributed by atoms with Crippen LogP contribution in [0.5, 0.6) is 0 Å². The molecule has 0 radical (unpaired) electrons. The average molecular weight is 295 g/mol. The fourth-order valence-electron chi connectivity index (χ4n) is 2.88. The number of allylic oxidation sites excluding steroid dienone is 2. The van der Waals surface area contributed by atoms with Crippen LogP contribution in [0.2, 0.25) is 0 Å². The molecule has 0 unspecified atom stereocenters. The van der Waals surface area contributed by atoms with Gasteiger partial charge in [-0.25, -0.2) is 0 Å². The standard InChI is InChI=1S/C15H25N3O3/c1-17-6-7-21-13(9-17)10-18(11-14(16)19)15(20)8-12-4-2-3-5-12/h2,4,12-13H,3,5-11H2,1H3,(H2,16,19)/t12-,13-/m0/s1. The molecule has 1 heterocycles. The predicted molar refractivity (Wildman–Crippen MR) is 79.5 cm³/mol. The highest BCUT2D eigenvalue weighted by molar-refractivity contribution is 5.84. The van der Waals surface area contributed by atoms with Gasteiger partial charge < -0.3 is 20.3 Å². The second-order valence-electron chi connectivity index (χ2n) is 5.97. The molecule has 0 aromatic heterocycles. The molecule has 1 fully saturated rings. The van der Waals surface area contributed by atoms with Crippen LogP contribution in [0.15, 0.2) is 12.2 Å². The molecule has 6 heteroatoms. The molecule has 0 saturated carbocycles. The number of ether oxygens (including phenoxy) is 1. The highest BCUT2D eigenvalue weighted by Crippen LogP contribution is 2.21. The lowest BCUT2D eigenvalue weighted by Gasteiger charge is -2.33. The summed E-state index contributed by atoms with van der Waals surface area (Å²) in [5.41, 5.74) is 5.27. The van der Waals surface area contributed by atoms with Gasteiger partial charge in [0.05, 0.1) is 19.3 Å². The zero-order valence-corrected chi connectivity index (χ0v) is 12.7. The molecule has 6 nitrogen and oxygen atoms in total. The van der Waals surface area contributed by atoms with Crippen molar-refractivity contribution in [3.63, 3.8) is 0 Å². The molecule has 21 heavy (non-hydrogen) atoms. The van der Waals surface area contributed by atoms with E-state index in [1.807, 2.05) is 7.05 Å². The summed E-state index contributed by atoms with van der Waals surface area (Å²) < 4.78 is 5.68. The third-order valence-corrected chi connectivity index (χ3v) is 4.01. The molecular formula is C15H25N3O3. The zero-order chi connectivity index (χ0) is 15.2. The molecule has 2 N–H and O–H groups in total. The SMILES string of the molecule is CN1CCO[C@H](CN(CC(N)=O)C(=O)C[C@H]2C=CCC2)C1. The third-order valence-electron chi connectivity index (χ3n) is 4.01. The molecular weight excluding hydrogens is 270 g/mol. The molecule has 0 aromatic carbocycles. The average Bonchev–Trinajstić information content (AvgIpc) is 2.90. The number of likely N-dealkylation sites (N-methyl/N-ethyl adjacent to an activating group) is 1. The van der Waals surface area contributed by atoms with Gasteiger partial charge in [0.25, 0.3) is 0 Å². The minimum absolute atomic E-state index is 0.0119. The van der Waals surface area contributed by atoms with E-state index in [0.29, 0.717) is 25.5 Å².